The number of hydrogen-bond acceptors (Lipinski definition) is 3. The van der Waals surface area contributed by atoms with Crippen LogP contribution in [0, 0.1) is 0 Å². The Kier molecular flexibility index (Phi) is 4.49. The van der Waals surface area contributed by atoms with Gasteiger partial charge in [-0.1, -0.05) is 17.7 Å². The first-order chi connectivity index (χ1) is 9.74. The fourth-order valence-electron chi connectivity index (χ4n) is 3.22. The molecule has 1 N–H and O–H groups in total. The van der Waals surface area contributed by atoms with E-state index < -0.39 is 0 Å². The van der Waals surface area contributed by atoms with Crippen molar-refractivity contribution in [3.63, 3.8) is 0 Å². The zero-order valence-corrected chi connectivity index (χ0v) is 13.0. The zero-order valence-electron chi connectivity index (χ0n) is 12.2. The van der Waals surface area contributed by atoms with Crippen molar-refractivity contribution in [1.29, 1.82) is 0 Å². The summed E-state index contributed by atoms with van der Waals surface area (Å²) in [4.78, 5) is 4.78. The third-order valence-corrected chi connectivity index (χ3v) is 4.89. The van der Waals surface area contributed by atoms with Gasteiger partial charge in [-0.3, -0.25) is 0 Å². The lowest BCUT2D eigenvalue weighted by Gasteiger charge is -2.35. The Morgan fingerprint density at radius 1 is 1.20 bits per heavy atom. The minimum atomic E-state index is 0.628. The van der Waals surface area contributed by atoms with Crippen molar-refractivity contribution in [3.8, 4) is 0 Å². The minimum Gasteiger partial charge on any atom is -0.368 e. The van der Waals surface area contributed by atoms with E-state index in [-0.39, 0.29) is 0 Å². The molecule has 1 atom stereocenters. The molecule has 1 aromatic carbocycles. The number of piperazine rings is 1. The molecule has 2 heterocycles. The third kappa shape index (κ3) is 3.11. The van der Waals surface area contributed by atoms with E-state index >= 15 is 0 Å². The van der Waals surface area contributed by atoms with Gasteiger partial charge in [-0.25, -0.2) is 0 Å². The summed E-state index contributed by atoms with van der Waals surface area (Å²) < 4.78 is 0. The fraction of sp³-hybridized carbons (Fsp3) is 0.625. The van der Waals surface area contributed by atoms with Crippen molar-refractivity contribution in [2.75, 3.05) is 51.2 Å². The van der Waals surface area contributed by atoms with Crippen molar-refractivity contribution in [2.24, 2.45) is 0 Å². The summed E-state index contributed by atoms with van der Waals surface area (Å²) in [7, 11) is 2.18. The van der Waals surface area contributed by atoms with Crippen molar-refractivity contribution >= 4 is 17.3 Å². The molecular formula is C16H24ClN3. The van der Waals surface area contributed by atoms with E-state index in [4.69, 9.17) is 11.6 Å². The molecule has 2 aliphatic rings. The Morgan fingerprint density at radius 3 is 2.65 bits per heavy atom. The van der Waals surface area contributed by atoms with E-state index in [2.05, 4.69) is 40.4 Å². The lowest BCUT2D eigenvalue weighted by Crippen LogP contribution is -2.44. The highest BCUT2D eigenvalue weighted by Gasteiger charge is 2.19. The van der Waals surface area contributed by atoms with Gasteiger partial charge >= 0.3 is 0 Å². The maximum Gasteiger partial charge on any atom is 0.0642 e. The van der Waals surface area contributed by atoms with E-state index in [9.17, 15) is 0 Å². The maximum atomic E-state index is 6.54. The average molecular weight is 294 g/mol. The van der Waals surface area contributed by atoms with Crippen LogP contribution < -0.4 is 10.2 Å². The van der Waals surface area contributed by atoms with Gasteiger partial charge in [0.1, 0.15) is 0 Å². The monoisotopic (exact) mass is 293 g/mol. The standard InChI is InChI=1S/C16H24ClN3/c1-19-7-9-20(10-8-19)16-5-4-13(11-15(16)17)14-3-2-6-18-12-14/h4-5,11,14,18H,2-3,6-10,12H2,1H3. The molecule has 0 amide bonds. The molecule has 2 aliphatic heterocycles. The third-order valence-electron chi connectivity index (χ3n) is 4.58. The van der Waals surface area contributed by atoms with Crippen LogP contribution in [0.15, 0.2) is 18.2 Å². The summed E-state index contributed by atoms with van der Waals surface area (Å²) in [5.41, 5.74) is 2.59. The Bertz CT molecular complexity index is 449. The summed E-state index contributed by atoms with van der Waals surface area (Å²) in [6.45, 7) is 6.62. The second-order valence-electron chi connectivity index (χ2n) is 6.04. The van der Waals surface area contributed by atoms with E-state index in [0.29, 0.717) is 5.92 Å². The summed E-state index contributed by atoms with van der Waals surface area (Å²) in [6.07, 6.45) is 2.54. The molecule has 3 nitrogen and oxygen atoms in total. The van der Waals surface area contributed by atoms with E-state index in [1.54, 1.807) is 0 Å². The fourth-order valence-corrected chi connectivity index (χ4v) is 3.53. The van der Waals surface area contributed by atoms with Crippen molar-refractivity contribution in [1.82, 2.24) is 10.2 Å². The Labute approximate surface area is 126 Å². The zero-order chi connectivity index (χ0) is 13.9. The average Bonchev–Trinajstić information content (AvgIpc) is 2.49. The Balaban J connectivity index is 1.73. The molecule has 0 saturated carbocycles. The van der Waals surface area contributed by atoms with E-state index in [0.717, 1.165) is 44.3 Å². The number of halogens is 1. The van der Waals surface area contributed by atoms with Gasteiger partial charge < -0.3 is 15.1 Å². The molecule has 0 radical (unpaired) electrons. The maximum absolute atomic E-state index is 6.54. The van der Waals surface area contributed by atoms with Crippen LogP contribution in [0.2, 0.25) is 5.02 Å². The molecular weight excluding hydrogens is 270 g/mol. The molecule has 1 aromatic rings. The second kappa shape index (κ2) is 6.33. The molecule has 0 aromatic heterocycles. The number of rotatable bonds is 2. The summed E-state index contributed by atoms with van der Waals surface area (Å²) in [5.74, 6) is 0.628. The van der Waals surface area contributed by atoms with Crippen LogP contribution in [0.5, 0.6) is 0 Å². The molecule has 2 fully saturated rings. The Morgan fingerprint density at radius 2 is 2.00 bits per heavy atom. The normalized spacial score (nSPS) is 24.9. The molecule has 2 saturated heterocycles. The minimum absolute atomic E-state index is 0.628. The molecule has 20 heavy (non-hydrogen) atoms. The van der Waals surface area contributed by atoms with E-state index in [1.807, 2.05) is 0 Å². The van der Waals surface area contributed by atoms with E-state index in [1.165, 1.54) is 24.1 Å². The SMILES string of the molecule is CN1CCN(c2ccc(C3CCCNC3)cc2Cl)CC1. The van der Waals surface area contributed by atoms with Gasteiger partial charge in [0.25, 0.3) is 0 Å². The molecule has 3 rings (SSSR count). The van der Waals surface area contributed by atoms with Gasteiger partial charge in [-0.05, 0) is 50.0 Å². The smallest absolute Gasteiger partial charge is 0.0642 e. The number of benzene rings is 1. The van der Waals surface area contributed by atoms with Gasteiger partial charge in [0.05, 0.1) is 10.7 Å². The topological polar surface area (TPSA) is 18.5 Å². The van der Waals surface area contributed by atoms with Crippen LogP contribution in [0.25, 0.3) is 0 Å². The van der Waals surface area contributed by atoms with Crippen LogP contribution in [-0.2, 0) is 0 Å². The number of likely N-dealkylation sites (N-methyl/N-ethyl adjacent to an activating group) is 1. The first-order valence-electron chi connectivity index (χ1n) is 7.68. The number of hydrogen-bond donors (Lipinski definition) is 1. The molecule has 0 bridgehead atoms. The van der Waals surface area contributed by atoms with Gasteiger partial charge in [-0.2, -0.15) is 0 Å². The van der Waals surface area contributed by atoms with Crippen LogP contribution in [-0.4, -0.2) is 51.2 Å². The van der Waals surface area contributed by atoms with Crippen LogP contribution in [0.4, 0.5) is 5.69 Å². The highest BCUT2D eigenvalue weighted by atomic mass is 35.5. The van der Waals surface area contributed by atoms with Crippen LogP contribution in [0.1, 0.15) is 24.3 Å². The largest absolute Gasteiger partial charge is 0.368 e. The number of anilines is 1. The summed E-state index contributed by atoms with van der Waals surface area (Å²) in [5, 5.41) is 4.39. The van der Waals surface area contributed by atoms with Crippen molar-refractivity contribution in [3.05, 3.63) is 28.8 Å². The van der Waals surface area contributed by atoms with Crippen LogP contribution in [0.3, 0.4) is 0 Å². The molecule has 4 heteroatoms. The molecule has 0 aliphatic carbocycles. The number of nitrogens with zero attached hydrogens (tertiary/aromatic N) is 2. The number of piperidine rings is 1. The van der Waals surface area contributed by atoms with Crippen molar-refractivity contribution < 1.29 is 0 Å². The predicted molar refractivity (Wildman–Crippen MR) is 86.0 cm³/mol. The number of nitrogens with one attached hydrogen (secondary N) is 1. The molecule has 0 spiro atoms. The quantitative estimate of drug-likeness (QED) is 0.904. The van der Waals surface area contributed by atoms with Gasteiger partial charge in [-0.15, -0.1) is 0 Å². The molecule has 1 unspecified atom stereocenters. The lowest BCUT2D eigenvalue weighted by atomic mass is 9.91. The lowest BCUT2D eigenvalue weighted by molar-refractivity contribution is 0.313. The van der Waals surface area contributed by atoms with Gasteiger partial charge in [0.15, 0.2) is 0 Å². The Hall–Kier alpha value is -0.770. The highest BCUT2D eigenvalue weighted by molar-refractivity contribution is 6.33. The predicted octanol–water partition coefficient (Wildman–Crippen LogP) is 2.56. The first-order valence-corrected chi connectivity index (χ1v) is 8.05. The van der Waals surface area contributed by atoms with Crippen LogP contribution >= 0.6 is 11.6 Å². The van der Waals surface area contributed by atoms with Gasteiger partial charge in [0, 0.05) is 32.7 Å². The molecule has 110 valence electrons. The second-order valence-corrected chi connectivity index (χ2v) is 6.45. The van der Waals surface area contributed by atoms with Crippen molar-refractivity contribution in [2.45, 2.75) is 18.8 Å². The summed E-state index contributed by atoms with van der Waals surface area (Å²) >= 11 is 6.54. The highest BCUT2D eigenvalue weighted by Crippen LogP contribution is 2.32. The summed E-state index contributed by atoms with van der Waals surface area (Å²) in [6, 6.07) is 6.68. The first kappa shape index (κ1) is 14.2. The van der Waals surface area contributed by atoms with Gasteiger partial charge in [0.2, 0.25) is 0 Å².